The zero-order valence-corrected chi connectivity index (χ0v) is 25.2. The molecule has 3 fully saturated rings. The van der Waals surface area contributed by atoms with E-state index >= 15 is 8.78 Å². The van der Waals surface area contributed by atoms with Gasteiger partial charge in [-0.25, -0.2) is 23.2 Å². The Hall–Kier alpha value is -4.45. The summed E-state index contributed by atoms with van der Waals surface area (Å²) in [6, 6.07) is 5.06. The van der Waals surface area contributed by atoms with Gasteiger partial charge in [0.25, 0.3) is 6.30 Å². The fourth-order valence-corrected chi connectivity index (χ4v) is 7.58. The lowest BCUT2D eigenvalue weighted by Gasteiger charge is -2.34. The quantitative estimate of drug-likeness (QED) is 0.196. The minimum atomic E-state index is -1.46. The third-order valence-electron chi connectivity index (χ3n) is 9.68. The first-order valence-corrected chi connectivity index (χ1v) is 15.6. The van der Waals surface area contributed by atoms with Crippen molar-refractivity contribution in [2.45, 2.75) is 37.3 Å². The lowest BCUT2D eigenvalue weighted by molar-refractivity contribution is -0.947. The van der Waals surface area contributed by atoms with Crippen LogP contribution in [0.4, 0.5) is 23.4 Å². The summed E-state index contributed by atoms with van der Waals surface area (Å²) in [5.41, 5.74) is -1.17. The number of halogens is 4. The number of phenolic OH excluding ortho intramolecular Hbond substituents is 1. The van der Waals surface area contributed by atoms with E-state index in [2.05, 4.69) is 25.8 Å². The molecule has 14 heteroatoms. The Kier molecular flexibility index (Phi) is 7.23. The molecule has 0 amide bonds. The van der Waals surface area contributed by atoms with Crippen molar-refractivity contribution in [2.75, 3.05) is 57.6 Å². The summed E-state index contributed by atoms with van der Waals surface area (Å²) in [4.78, 5) is 15.8. The van der Waals surface area contributed by atoms with Crippen LogP contribution in [0.25, 0.3) is 32.9 Å². The summed E-state index contributed by atoms with van der Waals surface area (Å²) in [5, 5.41) is 13.2. The number of hydrogen-bond donors (Lipinski definition) is 2. The number of fused-ring (bicyclic) bond motifs is 4. The van der Waals surface area contributed by atoms with Gasteiger partial charge in [-0.05, 0) is 43.0 Å². The van der Waals surface area contributed by atoms with Crippen molar-refractivity contribution in [3.8, 4) is 41.2 Å². The molecule has 0 aliphatic carbocycles. The standard InChI is InChI=1S/C33H30F4N6O4/c1-2-21-23(35)5-4-18-12-20(44)13-22(25(18)21)28-27(37)29-26-30(43-8-10-45-16-24(36)42(43)9-11-46-31(26)38-28)40-32(39-29)47-17-33-6-3-7-41(33)15-19(34)14-33/h1,4-5,12-13,19,24,44H,3,6-11,14-17H2/p+1/t19-,24?,33+/m1/s1. The van der Waals surface area contributed by atoms with Gasteiger partial charge in [0.15, 0.2) is 11.6 Å². The lowest BCUT2D eigenvalue weighted by Crippen LogP contribution is -3.22. The van der Waals surface area contributed by atoms with Crippen molar-refractivity contribution in [3.05, 3.63) is 41.5 Å². The van der Waals surface area contributed by atoms with E-state index < -0.39 is 29.6 Å². The molecule has 6 heterocycles. The molecule has 8 rings (SSSR count). The van der Waals surface area contributed by atoms with Gasteiger partial charge < -0.3 is 19.3 Å². The summed E-state index contributed by atoms with van der Waals surface area (Å²) in [6.45, 7) is 1.56. The van der Waals surface area contributed by atoms with Crippen LogP contribution in [0.2, 0.25) is 0 Å². The van der Waals surface area contributed by atoms with Crippen LogP contribution in [0.15, 0.2) is 24.3 Å². The second kappa shape index (κ2) is 11.4. The van der Waals surface area contributed by atoms with E-state index in [9.17, 15) is 13.9 Å². The SMILES string of the molecule is C#Cc1c(F)ccc2cc(O)cc(-c3nc4c5c(nc(OC[C@@]67CCCN6C[C@H](F)C7)nc5c3F)N3CCOCC(F)[NH+]3CCO4)c12. The fourth-order valence-electron chi connectivity index (χ4n) is 7.58. The first kappa shape index (κ1) is 29.9. The van der Waals surface area contributed by atoms with E-state index in [4.69, 9.17) is 20.6 Å². The number of alkyl halides is 2. The summed E-state index contributed by atoms with van der Waals surface area (Å²) in [6.07, 6.45) is 5.17. The van der Waals surface area contributed by atoms with Crippen molar-refractivity contribution in [1.82, 2.24) is 19.9 Å². The molecule has 2 unspecified atom stereocenters. The van der Waals surface area contributed by atoms with E-state index in [1.165, 1.54) is 24.3 Å². The van der Waals surface area contributed by atoms with Gasteiger partial charge in [-0.3, -0.25) is 4.90 Å². The number of terminal acetylenes is 1. The highest BCUT2D eigenvalue weighted by Gasteiger charge is 2.49. The number of benzene rings is 2. The number of pyridine rings is 1. The molecule has 10 nitrogen and oxygen atoms in total. The van der Waals surface area contributed by atoms with Gasteiger partial charge in [0.05, 0.1) is 24.3 Å². The minimum Gasteiger partial charge on any atom is -0.508 e. The van der Waals surface area contributed by atoms with Gasteiger partial charge in [-0.15, -0.1) is 6.42 Å². The molecular formula is C33H31F4N6O4+. The molecule has 4 atom stereocenters. The normalized spacial score (nSPS) is 25.9. The molecule has 0 radical (unpaired) electrons. The van der Waals surface area contributed by atoms with Crippen molar-refractivity contribution in [1.29, 1.82) is 0 Å². The predicted molar refractivity (Wildman–Crippen MR) is 163 cm³/mol. The number of nitrogens with one attached hydrogen (secondary N) is 1. The van der Waals surface area contributed by atoms with Gasteiger partial charge in [0.1, 0.15) is 60.7 Å². The smallest absolute Gasteiger partial charge is 0.319 e. The molecule has 4 aliphatic heterocycles. The maximum Gasteiger partial charge on any atom is 0.319 e. The Bertz CT molecular complexity index is 1960. The topological polar surface area (TPSA) is 97.5 Å². The van der Waals surface area contributed by atoms with Gasteiger partial charge >= 0.3 is 6.01 Å². The lowest BCUT2D eigenvalue weighted by atomic mass is 9.95. The van der Waals surface area contributed by atoms with Crippen LogP contribution in [0.1, 0.15) is 24.8 Å². The monoisotopic (exact) mass is 651 g/mol. The van der Waals surface area contributed by atoms with E-state index in [1.54, 1.807) is 5.01 Å². The Morgan fingerprint density at radius 2 is 2.00 bits per heavy atom. The third-order valence-corrected chi connectivity index (χ3v) is 9.68. The average molecular weight is 652 g/mol. The Morgan fingerprint density at radius 3 is 2.85 bits per heavy atom. The molecule has 0 spiro atoms. The Labute approximate surface area is 266 Å². The van der Waals surface area contributed by atoms with Crippen molar-refractivity contribution < 1.29 is 41.9 Å². The van der Waals surface area contributed by atoms with Crippen LogP contribution in [0.5, 0.6) is 17.6 Å². The molecule has 2 aromatic carbocycles. The minimum absolute atomic E-state index is 0.00485. The summed E-state index contributed by atoms with van der Waals surface area (Å²) >= 11 is 0. The molecular weight excluding hydrogens is 620 g/mol. The predicted octanol–water partition coefficient (Wildman–Crippen LogP) is 3.09. The molecule has 0 bridgehead atoms. The molecule has 2 N–H and O–H groups in total. The largest absolute Gasteiger partial charge is 0.508 e. The number of quaternary nitrogens is 1. The van der Waals surface area contributed by atoms with E-state index in [0.29, 0.717) is 23.4 Å². The molecule has 47 heavy (non-hydrogen) atoms. The molecule has 2 aromatic heterocycles. The van der Waals surface area contributed by atoms with Crippen LogP contribution in [-0.4, -0.2) is 95.6 Å². The zero-order valence-electron chi connectivity index (χ0n) is 25.2. The van der Waals surface area contributed by atoms with Crippen molar-refractivity contribution in [2.24, 2.45) is 0 Å². The number of rotatable bonds is 4. The second-order valence-electron chi connectivity index (χ2n) is 12.4. The highest BCUT2D eigenvalue weighted by Crippen LogP contribution is 2.43. The number of ether oxygens (including phenoxy) is 3. The number of aromatic hydroxyl groups is 1. The van der Waals surface area contributed by atoms with Gasteiger partial charge in [-0.1, -0.05) is 12.0 Å². The maximum absolute atomic E-state index is 17.0. The highest BCUT2D eigenvalue weighted by atomic mass is 19.1. The van der Waals surface area contributed by atoms with Crippen LogP contribution in [-0.2, 0) is 4.74 Å². The number of phenols is 1. The van der Waals surface area contributed by atoms with Gasteiger partial charge in [0, 0.05) is 23.9 Å². The number of aromatic nitrogens is 3. The molecule has 4 aliphatic rings. The van der Waals surface area contributed by atoms with Crippen molar-refractivity contribution >= 4 is 27.5 Å². The summed E-state index contributed by atoms with van der Waals surface area (Å²) in [7, 11) is 0. The Balaban J connectivity index is 1.35. The van der Waals surface area contributed by atoms with Crippen LogP contribution in [0, 0.1) is 24.0 Å². The molecule has 0 saturated carbocycles. The van der Waals surface area contributed by atoms with Gasteiger partial charge in [-0.2, -0.15) is 19.4 Å². The molecule has 3 saturated heterocycles. The fraction of sp³-hybridized carbons (Fsp3) is 0.424. The second-order valence-corrected chi connectivity index (χ2v) is 12.4. The Morgan fingerprint density at radius 1 is 1.13 bits per heavy atom. The van der Waals surface area contributed by atoms with Crippen LogP contribution < -0.4 is 19.5 Å². The van der Waals surface area contributed by atoms with E-state index in [1.807, 2.05) is 0 Å². The van der Waals surface area contributed by atoms with E-state index in [-0.39, 0.29) is 96.1 Å². The number of anilines is 1. The number of nitrogens with zero attached hydrogens (tertiary/aromatic N) is 5. The van der Waals surface area contributed by atoms with Gasteiger partial charge in [0.2, 0.25) is 5.88 Å². The molecule has 244 valence electrons. The third kappa shape index (κ3) is 4.87. The van der Waals surface area contributed by atoms with E-state index in [0.717, 1.165) is 19.4 Å². The zero-order chi connectivity index (χ0) is 32.4. The average Bonchev–Trinajstić information content (AvgIpc) is 3.51. The molecule has 4 aromatic rings. The summed E-state index contributed by atoms with van der Waals surface area (Å²) < 4.78 is 79.6. The highest BCUT2D eigenvalue weighted by molar-refractivity contribution is 6.04. The maximum atomic E-state index is 17.0. The first-order chi connectivity index (χ1) is 22.8. The van der Waals surface area contributed by atoms with Crippen LogP contribution in [0.3, 0.4) is 0 Å². The summed E-state index contributed by atoms with van der Waals surface area (Å²) in [5.74, 6) is 0.573. The van der Waals surface area contributed by atoms with Crippen LogP contribution >= 0.6 is 0 Å². The first-order valence-electron chi connectivity index (χ1n) is 15.6. The number of hydrogen-bond acceptors (Lipinski definition) is 9. The van der Waals surface area contributed by atoms with Crippen molar-refractivity contribution in [3.63, 3.8) is 0 Å².